The Bertz CT molecular complexity index is 773. The number of amides is 2. The van der Waals surface area contributed by atoms with Crippen LogP contribution in [0, 0.1) is 14.9 Å². The van der Waals surface area contributed by atoms with Crippen molar-refractivity contribution in [3.63, 3.8) is 0 Å². The maximum atomic E-state index is 12.3. The van der Waals surface area contributed by atoms with Crippen molar-refractivity contribution in [3.8, 4) is 6.07 Å². The number of hydrogen-bond donors (Lipinski definition) is 0. The monoisotopic (exact) mass is 388 g/mol. The smallest absolute Gasteiger partial charge is 0.261 e. The minimum Gasteiger partial charge on any atom is -0.270 e. The second-order valence-corrected chi connectivity index (χ2v) is 5.82. The Balaban J connectivity index is 1.93. The third-order valence-corrected chi connectivity index (χ3v) is 4.39. The molecule has 0 fully saturated rings. The molecule has 0 atom stereocenters. The maximum absolute atomic E-state index is 12.3. The summed E-state index contributed by atoms with van der Waals surface area (Å²) < 4.78 is 0.864. The Hall–Kier alpha value is -2.20. The Labute approximate surface area is 135 Å². The summed E-state index contributed by atoms with van der Waals surface area (Å²) in [4.78, 5) is 25.8. The number of carbonyl (C=O) groups is 2. The van der Waals surface area contributed by atoms with Gasteiger partial charge in [0, 0.05) is 3.57 Å². The van der Waals surface area contributed by atoms with Gasteiger partial charge in [-0.25, -0.2) is 0 Å². The molecule has 5 heteroatoms. The summed E-state index contributed by atoms with van der Waals surface area (Å²) in [6, 6.07) is 14.1. The third-order valence-electron chi connectivity index (χ3n) is 3.39. The molecular formula is C16H9IN2O2. The van der Waals surface area contributed by atoms with Crippen molar-refractivity contribution in [1.82, 2.24) is 4.90 Å². The molecule has 0 radical (unpaired) electrons. The molecule has 0 unspecified atom stereocenters. The molecule has 0 aromatic heterocycles. The lowest BCUT2D eigenvalue weighted by atomic mass is 10.1. The Morgan fingerprint density at radius 2 is 1.67 bits per heavy atom. The van der Waals surface area contributed by atoms with Crippen molar-refractivity contribution in [2.24, 2.45) is 0 Å². The maximum Gasteiger partial charge on any atom is 0.261 e. The van der Waals surface area contributed by atoms with Crippen LogP contribution >= 0.6 is 22.6 Å². The Kier molecular flexibility index (Phi) is 3.47. The fraction of sp³-hybridized carbons (Fsp3) is 0.0625. The average Bonchev–Trinajstić information content (AvgIpc) is 2.74. The van der Waals surface area contributed by atoms with Gasteiger partial charge in [-0.05, 0) is 52.4 Å². The van der Waals surface area contributed by atoms with E-state index in [1.54, 1.807) is 42.5 Å². The van der Waals surface area contributed by atoms with Crippen LogP contribution in [0.5, 0.6) is 0 Å². The Morgan fingerprint density at radius 3 is 2.19 bits per heavy atom. The summed E-state index contributed by atoms with van der Waals surface area (Å²) >= 11 is 2.11. The predicted octanol–water partition coefficient (Wildman–Crippen LogP) is 2.96. The van der Waals surface area contributed by atoms with Crippen molar-refractivity contribution in [1.29, 1.82) is 5.26 Å². The van der Waals surface area contributed by atoms with Gasteiger partial charge < -0.3 is 0 Å². The van der Waals surface area contributed by atoms with E-state index < -0.39 is 0 Å². The molecule has 0 aliphatic carbocycles. The van der Waals surface area contributed by atoms with Gasteiger partial charge >= 0.3 is 0 Å². The highest BCUT2D eigenvalue weighted by molar-refractivity contribution is 14.1. The lowest BCUT2D eigenvalue weighted by molar-refractivity contribution is 0.0642. The highest BCUT2D eigenvalue weighted by Gasteiger charge is 2.35. The molecule has 3 rings (SSSR count). The van der Waals surface area contributed by atoms with E-state index in [0.29, 0.717) is 16.7 Å². The molecule has 0 saturated carbocycles. The molecule has 102 valence electrons. The van der Waals surface area contributed by atoms with E-state index in [2.05, 4.69) is 28.7 Å². The molecule has 0 spiro atoms. The van der Waals surface area contributed by atoms with E-state index in [0.717, 1.165) is 9.13 Å². The van der Waals surface area contributed by atoms with E-state index in [4.69, 9.17) is 5.26 Å². The second-order valence-electron chi connectivity index (χ2n) is 4.66. The number of hydrogen-bond acceptors (Lipinski definition) is 3. The fourth-order valence-corrected chi connectivity index (χ4v) is 2.98. The number of nitrogens with zero attached hydrogens (tertiary/aromatic N) is 2. The summed E-state index contributed by atoms with van der Waals surface area (Å²) in [6.45, 7) is 0.219. The molecule has 2 aromatic carbocycles. The topological polar surface area (TPSA) is 61.2 Å². The first-order chi connectivity index (χ1) is 10.1. The van der Waals surface area contributed by atoms with Gasteiger partial charge in [-0.2, -0.15) is 5.26 Å². The summed E-state index contributed by atoms with van der Waals surface area (Å²) in [5, 5.41) is 8.87. The van der Waals surface area contributed by atoms with Crippen molar-refractivity contribution in [2.75, 3.05) is 0 Å². The van der Waals surface area contributed by atoms with Crippen LogP contribution in [0.3, 0.4) is 0 Å². The molecule has 4 nitrogen and oxygen atoms in total. The van der Waals surface area contributed by atoms with Crippen molar-refractivity contribution >= 4 is 34.4 Å². The number of rotatable bonds is 2. The first-order valence-electron chi connectivity index (χ1n) is 6.25. The zero-order valence-corrected chi connectivity index (χ0v) is 13.0. The third kappa shape index (κ3) is 2.32. The van der Waals surface area contributed by atoms with E-state index in [9.17, 15) is 9.59 Å². The van der Waals surface area contributed by atoms with Crippen LogP contribution in [0.4, 0.5) is 0 Å². The summed E-state index contributed by atoms with van der Waals surface area (Å²) in [5.74, 6) is -0.536. The van der Waals surface area contributed by atoms with E-state index >= 15 is 0 Å². The molecule has 1 aliphatic rings. The minimum atomic E-state index is -0.268. The molecule has 1 aliphatic heterocycles. The number of imide groups is 1. The van der Waals surface area contributed by atoms with Gasteiger partial charge in [0.1, 0.15) is 0 Å². The molecule has 1 heterocycles. The SMILES string of the molecule is N#Cc1ccc(CN2C(=O)c3ccccc3C2=O)c(I)c1. The molecular weight excluding hydrogens is 379 g/mol. The van der Waals surface area contributed by atoms with Gasteiger partial charge in [-0.15, -0.1) is 0 Å². The van der Waals surface area contributed by atoms with Crippen LogP contribution in [-0.4, -0.2) is 16.7 Å². The van der Waals surface area contributed by atoms with Crippen molar-refractivity contribution in [3.05, 3.63) is 68.3 Å². The first-order valence-corrected chi connectivity index (χ1v) is 7.33. The van der Waals surface area contributed by atoms with E-state index in [-0.39, 0.29) is 18.4 Å². The first kappa shape index (κ1) is 13.8. The number of benzene rings is 2. The highest BCUT2D eigenvalue weighted by atomic mass is 127. The lowest BCUT2D eigenvalue weighted by Crippen LogP contribution is -2.29. The molecule has 0 bridgehead atoms. The van der Waals surface area contributed by atoms with Crippen LogP contribution in [0.1, 0.15) is 31.8 Å². The van der Waals surface area contributed by atoms with Crippen LogP contribution in [0.15, 0.2) is 42.5 Å². The summed E-state index contributed by atoms with van der Waals surface area (Å²) in [5.41, 5.74) is 2.31. The normalized spacial score (nSPS) is 13.2. The van der Waals surface area contributed by atoms with Gasteiger partial charge in [0.2, 0.25) is 0 Å². The van der Waals surface area contributed by atoms with Crippen LogP contribution < -0.4 is 0 Å². The zero-order valence-electron chi connectivity index (χ0n) is 10.8. The van der Waals surface area contributed by atoms with Gasteiger partial charge in [0.15, 0.2) is 0 Å². The van der Waals surface area contributed by atoms with Gasteiger partial charge in [0.05, 0.1) is 29.3 Å². The predicted molar refractivity (Wildman–Crippen MR) is 84.5 cm³/mol. The summed E-state index contributed by atoms with van der Waals surface area (Å²) in [6.07, 6.45) is 0. The molecule has 0 N–H and O–H groups in total. The van der Waals surface area contributed by atoms with Crippen LogP contribution in [0.2, 0.25) is 0 Å². The molecule has 2 amide bonds. The number of carbonyl (C=O) groups excluding carboxylic acids is 2. The quantitative estimate of drug-likeness (QED) is 0.587. The van der Waals surface area contributed by atoms with Gasteiger partial charge in [-0.3, -0.25) is 14.5 Å². The van der Waals surface area contributed by atoms with Crippen LogP contribution in [-0.2, 0) is 6.54 Å². The van der Waals surface area contributed by atoms with Crippen LogP contribution in [0.25, 0.3) is 0 Å². The van der Waals surface area contributed by atoms with E-state index in [1.165, 1.54) is 4.90 Å². The van der Waals surface area contributed by atoms with Crippen molar-refractivity contribution < 1.29 is 9.59 Å². The fourth-order valence-electron chi connectivity index (χ4n) is 2.30. The largest absolute Gasteiger partial charge is 0.270 e. The Morgan fingerprint density at radius 1 is 1.05 bits per heavy atom. The highest BCUT2D eigenvalue weighted by Crippen LogP contribution is 2.25. The molecule has 2 aromatic rings. The molecule has 0 saturated heterocycles. The minimum absolute atomic E-state index is 0.219. The zero-order chi connectivity index (χ0) is 15.0. The summed E-state index contributed by atoms with van der Waals surface area (Å²) in [7, 11) is 0. The molecule has 21 heavy (non-hydrogen) atoms. The standard InChI is InChI=1S/C16H9IN2O2/c17-14-7-10(8-18)5-6-11(14)9-19-15(20)12-3-1-2-4-13(12)16(19)21/h1-7H,9H2. The number of nitriles is 1. The van der Waals surface area contributed by atoms with E-state index in [1.807, 2.05) is 0 Å². The second kappa shape index (κ2) is 5.30. The van der Waals surface area contributed by atoms with Gasteiger partial charge in [-0.1, -0.05) is 18.2 Å². The lowest BCUT2D eigenvalue weighted by Gasteiger charge is -2.15. The van der Waals surface area contributed by atoms with Crippen molar-refractivity contribution in [2.45, 2.75) is 6.54 Å². The van der Waals surface area contributed by atoms with Gasteiger partial charge in [0.25, 0.3) is 11.8 Å². The average molecular weight is 388 g/mol. The number of fused-ring (bicyclic) bond motifs is 1. The number of halogens is 1.